The van der Waals surface area contributed by atoms with Crippen LogP contribution in [0.2, 0.25) is 0 Å². The van der Waals surface area contributed by atoms with Gasteiger partial charge in [-0.1, -0.05) is 43.3 Å². The highest BCUT2D eigenvalue weighted by molar-refractivity contribution is 5.96. The number of hydrogen-bond donors (Lipinski definition) is 2. The van der Waals surface area contributed by atoms with Gasteiger partial charge in [-0.3, -0.25) is 10.1 Å². The topological polar surface area (TPSA) is 67.4 Å². The van der Waals surface area contributed by atoms with Crippen molar-refractivity contribution in [3.63, 3.8) is 0 Å². The van der Waals surface area contributed by atoms with Crippen LogP contribution in [0, 0.1) is 0 Å². The highest BCUT2D eigenvalue weighted by Crippen LogP contribution is 2.15. The molecular weight excluding hydrogens is 328 g/mol. The lowest BCUT2D eigenvalue weighted by Gasteiger charge is -2.19. The van der Waals surface area contributed by atoms with Crippen molar-refractivity contribution in [1.82, 2.24) is 5.32 Å². The van der Waals surface area contributed by atoms with E-state index in [-0.39, 0.29) is 11.8 Å². The maximum absolute atomic E-state index is 12.4. The van der Waals surface area contributed by atoms with Gasteiger partial charge in [0.1, 0.15) is 5.60 Å². The zero-order chi connectivity index (χ0) is 19.2. The predicted molar refractivity (Wildman–Crippen MR) is 103 cm³/mol. The third-order valence-electron chi connectivity index (χ3n) is 3.71. The average Bonchev–Trinajstić information content (AvgIpc) is 2.58. The van der Waals surface area contributed by atoms with Crippen molar-refractivity contribution in [2.45, 2.75) is 39.2 Å². The number of rotatable bonds is 5. The van der Waals surface area contributed by atoms with Gasteiger partial charge in [0.05, 0.1) is 0 Å². The second-order valence-corrected chi connectivity index (χ2v) is 7.23. The van der Waals surface area contributed by atoms with Crippen LogP contribution in [0.4, 0.5) is 10.5 Å². The number of ether oxygens (including phenoxy) is 1. The number of carbonyl (C=O) groups is 2. The number of carbonyl (C=O) groups excluding carboxylic acids is 2. The summed E-state index contributed by atoms with van der Waals surface area (Å²) in [6, 6.07) is 16.8. The Morgan fingerprint density at radius 2 is 1.73 bits per heavy atom. The molecule has 0 spiro atoms. The summed E-state index contributed by atoms with van der Waals surface area (Å²) in [6.07, 6.45) is -0.548. The van der Waals surface area contributed by atoms with E-state index in [2.05, 4.69) is 17.6 Å². The van der Waals surface area contributed by atoms with Crippen LogP contribution in [0.3, 0.4) is 0 Å². The molecule has 2 aromatic carbocycles. The van der Waals surface area contributed by atoms with E-state index in [0.717, 1.165) is 0 Å². The first-order chi connectivity index (χ1) is 12.2. The highest BCUT2D eigenvalue weighted by Gasteiger charge is 2.16. The molecule has 0 aliphatic heterocycles. The first-order valence-corrected chi connectivity index (χ1v) is 8.68. The maximum Gasteiger partial charge on any atom is 0.412 e. The Labute approximate surface area is 154 Å². The molecule has 2 N–H and O–H groups in total. The molecule has 0 saturated heterocycles. The van der Waals surface area contributed by atoms with Crippen LogP contribution in [0.25, 0.3) is 0 Å². The second-order valence-electron chi connectivity index (χ2n) is 7.23. The fourth-order valence-corrected chi connectivity index (χ4v) is 2.41. The fourth-order valence-electron chi connectivity index (χ4n) is 2.41. The monoisotopic (exact) mass is 354 g/mol. The van der Waals surface area contributed by atoms with Crippen molar-refractivity contribution < 1.29 is 14.3 Å². The summed E-state index contributed by atoms with van der Waals surface area (Å²) in [5, 5.41) is 5.58. The van der Waals surface area contributed by atoms with Gasteiger partial charge >= 0.3 is 6.09 Å². The minimum absolute atomic E-state index is 0.180. The lowest BCUT2D eigenvalue weighted by molar-refractivity contribution is 0.0635. The predicted octanol–water partition coefficient (Wildman–Crippen LogP) is 4.57. The number of amides is 2. The Bertz CT molecular complexity index is 751. The van der Waals surface area contributed by atoms with E-state index in [1.165, 1.54) is 5.56 Å². The number of nitrogens with one attached hydrogen (secondary N) is 2. The highest BCUT2D eigenvalue weighted by atomic mass is 16.6. The van der Waals surface area contributed by atoms with Gasteiger partial charge in [-0.2, -0.15) is 0 Å². The first kappa shape index (κ1) is 19.5. The summed E-state index contributed by atoms with van der Waals surface area (Å²) in [4.78, 5) is 24.2. The molecule has 2 aromatic rings. The van der Waals surface area contributed by atoms with Crippen molar-refractivity contribution >= 4 is 17.7 Å². The normalized spacial score (nSPS) is 12.2. The van der Waals surface area contributed by atoms with Crippen LogP contribution < -0.4 is 10.6 Å². The minimum Gasteiger partial charge on any atom is -0.444 e. The molecule has 2 amide bonds. The van der Waals surface area contributed by atoms with Gasteiger partial charge < -0.3 is 10.1 Å². The summed E-state index contributed by atoms with van der Waals surface area (Å²) in [5.41, 5.74) is 1.60. The Morgan fingerprint density at radius 1 is 1.04 bits per heavy atom. The zero-order valence-corrected chi connectivity index (χ0v) is 15.7. The van der Waals surface area contributed by atoms with Gasteiger partial charge in [0, 0.05) is 17.8 Å². The largest absolute Gasteiger partial charge is 0.444 e. The maximum atomic E-state index is 12.4. The molecule has 138 valence electrons. The number of anilines is 1. The van der Waals surface area contributed by atoms with E-state index in [1.807, 2.05) is 30.3 Å². The number of hydrogen-bond acceptors (Lipinski definition) is 3. The molecule has 0 unspecified atom stereocenters. The number of benzene rings is 2. The third kappa shape index (κ3) is 6.24. The van der Waals surface area contributed by atoms with Gasteiger partial charge in [-0.05, 0) is 50.5 Å². The Balaban J connectivity index is 1.94. The molecule has 0 radical (unpaired) electrons. The van der Waals surface area contributed by atoms with Crippen molar-refractivity contribution in [2.24, 2.45) is 0 Å². The molecule has 0 heterocycles. The van der Waals surface area contributed by atoms with E-state index in [4.69, 9.17) is 4.74 Å². The Morgan fingerprint density at radius 3 is 2.38 bits per heavy atom. The molecule has 0 bridgehead atoms. The molecule has 26 heavy (non-hydrogen) atoms. The van der Waals surface area contributed by atoms with Crippen molar-refractivity contribution in [2.75, 3.05) is 11.9 Å². The molecule has 0 aliphatic rings. The Kier molecular flexibility index (Phi) is 6.39. The summed E-state index contributed by atoms with van der Waals surface area (Å²) >= 11 is 0. The van der Waals surface area contributed by atoms with Crippen molar-refractivity contribution in [1.29, 1.82) is 0 Å². The van der Waals surface area contributed by atoms with Crippen LogP contribution >= 0.6 is 0 Å². The summed E-state index contributed by atoms with van der Waals surface area (Å²) in [7, 11) is 0. The molecule has 0 aliphatic carbocycles. The van der Waals surface area contributed by atoms with Gasteiger partial charge in [-0.15, -0.1) is 0 Å². The first-order valence-electron chi connectivity index (χ1n) is 8.68. The quantitative estimate of drug-likeness (QED) is 0.827. The van der Waals surface area contributed by atoms with Crippen molar-refractivity contribution in [3.8, 4) is 0 Å². The molecule has 0 fully saturated rings. The SMILES string of the molecule is C[C@@H](CNC(=O)c1cccc(NC(=O)OC(C)(C)C)c1)c1ccccc1. The van der Waals surface area contributed by atoms with Gasteiger partial charge in [-0.25, -0.2) is 4.79 Å². The Hall–Kier alpha value is -2.82. The van der Waals surface area contributed by atoms with Crippen LogP contribution in [0.15, 0.2) is 54.6 Å². The third-order valence-corrected chi connectivity index (χ3v) is 3.71. The second kappa shape index (κ2) is 8.52. The van der Waals surface area contributed by atoms with Crippen LogP contribution in [-0.4, -0.2) is 24.1 Å². The van der Waals surface area contributed by atoms with E-state index in [9.17, 15) is 9.59 Å². The molecule has 5 heteroatoms. The van der Waals surface area contributed by atoms with E-state index in [0.29, 0.717) is 17.8 Å². The molecule has 5 nitrogen and oxygen atoms in total. The van der Waals surface area contributed by atoms with E-state index < -0.39 is 11.7 Å². The zero-order valence-electron chi connectivity index (χ0n) is 15.7. The van der Waals surface area contributed by atoms with Gasteiger partial charge in [0.2, 0.25) is 0 Å². The van der Waals surface area contributed by atoms with Gasteiger partial charge in [0.15, 0.2) is 0 Å². The summed E-state index contributed by atoms with van der Waals surface area (Å²) in [6.45, 7) is 7.99. The van der Waals surface area contributed by atoms with Crippen LogP contribution in [0.1, 0.15) is 49.5 Å². The fraction of sp³-hybridized carbons (Fsp3) is 0.333. The molecule has 0 aromatic heterocycles. The summed E-state index contributed by atoms with van der Waals surface area (Å²) < 4.78 is 5.22. The minimum atomic E-state index is -0.577. The lowest BCUT2D eigenvalue weighted by atomic mass is 10.0. The molecule has 0 saturated carbocycles. The smallest absolute Gasteiger partial charge is 0.412 e. The average molecular weight is 354 g/mol. The lowest BCUT2D eigenvalue weighted by Crippen LogP contribution is -2.28. The van der Waals surface area contributed by atoms with E-state index in [1.54, 1.807) is 45.0 Å². The standard InChI is InChI=1S/C21H26N2O3/c1-15(16-9-6-5-7-10-16)14-22-19(24)17-11-8-12-18(13-17)23-20(25)26-21(2,3)4/h5-13,15H,14H2,1-4H3,(H,22,24)(H,23,25)/t15-/m0/s1. The van der Waals surface area contributed by atoms with Crippen LogP contribution in [-0.2, 0) is 4.74 Å². The van der Waals surface area contributed by atoms with E-state index >= 15 is 0 Å². The van der Waals surface area contributed by atoms with Crippen LogP contribution in [0.5, 0.6) is 0 Å². The molecular formula is C21H26N2O3. The summed E-state index contributed by atoms with van der Waals surface area (Å²) in [5.74, 6) is 0.0313. The molecule has 1 atom stereocenters. The molecule has 2 rings (SSSR count). The van der Waals surface area contributed by atoms with Gasteiger partial charge in [0.25, 0.3) is 5.91 Å². The van der Waals surface area contributed by atoms with Crippen molar-refractivity contribution in [3.05, 3.63) is 65.7 Å².